The van der Waals surface area contributed by atoms with Gasteiger partial charge in [0.2, 0.25) is 0 Å². The van der Waals surface area contributed by atoms with Gasteiger partial charge in [0, 0.05) is 18.7 Å². The molecular weight excluding hydrogens is 326 g/mol. The lowest BCUT2D eigenvalue weighted by Crippen LogP contribution is -1.99. The molecule has 0 bridgehead atoms. The third-order valence-electron chi connectivity index (χ3n) is 3.45. The highest BCUT2D eigenvalue weighted by Gasteiger charge is 1.99. The highest BCUT2D eigenvalue weighted by atomic mass is 16.5. The van der Waals surface area contributed by atoms with Crippen molar-refractivity contribution in [2.45, 2.75) is 19.9 Å². The fourth-order valence-corrected chi connectivity index (χ4v) is 2.10. The van der Waals surface area contributed by atoms with Crippen LogP contribution in [0.2, 0.25) is 0 Å². The lowest BCUT2D eigenvalue weighted by molar-refractivity contribution is -0.136. The monoisotopic (exact) mass is 349 g/mol. The van der Waals surface area contributed by atoms with Crippen molar-refractivity contribution in [1.29, 1.82) is 0 Å². The second-order valence-corrected chi connectivity index (χ2v) is 5.53. The largest absolute Gasteiger partial charge is 0.481 e. The molecule has 134 valence electrons. The molecule has 3 aromatic rings. The average molecular weight is 349 g/mol. The number of para-hydroxylation sites is 2. The van der Waals surface area contributed by atoms with E-state index in [0.29, 0.717) is 0 Å². The first kappa shape index (κ1) is 19.1. The van der Waals surface area contributed by atoms with Crippen molar-refractivity contribution in [3.63, 3.8) is 0 Å². The predicted octanol–water partition coefficient (Wildman–Crippen LogP) is 5.57. The fourth-order valence-electron chi connectivity index (χ4n) is 2.10. The molecule has 0 saturated heterocycles. The Balaban J connectivity index is 0.000000431. The predicted molar refractivity (Wildman–Crippen MR) is 105 cm³/mol. The van der Waals surface area contributed by atoms with Gasteiger partial charge in [-0.2, -0.15) is 0 Å². The quantitative estimate of drug-likeness (QED) is 0.610. The highest BCUT2D eigenvalue weighted by Crippen LogP contribution is 2.22. The molecule has 0 aromatic heterocycles. The van der Waals surface area contributed by atoms with Gasteiger partial charge in [-0.05, 0) is 42.0 Å². The smallest absolute Gasteiger partial charge is 0.303 e. The van der Waals surface area contributed by atoms with Crippen LogP contribution in [0, 0.1) is 0 Å². The molecule has 0 aliphatic rings. The second-order valence-electron chi connectivity index (χ2n) is 5.53. The van der Waals surface area contributed by atoms with E-state index in [1.165, 1.54) is 5.56 Å². The number of hydrogen-bond acceptors (Lipinski definition) is 3. The molecular formula is C22H23NO3. The van der Waals surface area contributed by atoms with Gasteiger partial charge in [0.05, 0.1) is 0 Å². The Labute approximate surface area is 154 Å². The van der Waals surface area contributed by atoms with E-state index in [2.05, 4.69) is 29.6 Å². The first-order valence-corrected chi connectivity index (χ1v) is 8.50. The van der Waals surface area contributed by atoms with Crippen LogP contribution in [0.15, 0.2) is 84.9 Å². The summed E-state index contributed by atoms with van der Waals surface area (Å²) < 4.78 is 5.84. The summed E-state index contributed by atoms with van der Waals surface area (Å²) in [6.45, 7) is 2.37. The van der Waals surface area contributed by atoms with E-state index >= 15 is 0 Å². The molecule has 0 aliphatic carbocycles. The molecule has 0 unspecified atom stereocenters. The summed E-state index contributed by atoms with van der Waals surface area (Å²) in [5.74, 6) is 0.962. The van der Waals surface area contributed by atoms with Gasteiger partial charge >= 0.3 is 5.97 Å². The Kier molecular flexibility index (Phi) is 7.74. The molecule has 3 aromatic carbocycles. The van der Waals surface area contributed by atoms with E-state index in [0.717, 1.165) is 23.7 Å². The van der Waals surface area contributed by atoms with Gasteiger partial charge in [-0.25, -0.2) is 0 Å². The Bertz CT molecular complexity index is 789. The molecule has 26 heavy (non-hydrogen) atoms. The molecule has 0 heterocycles. The van der Waals surface area contributed by atoms with Crippen LogP contribution in [0.4, 0.5) is 5.69 Å². The Morgan fingerprint density at radius 2 is 1.46 bits per heavy atom. The number of rotatable bonds is 6. The first-order chi connectivity index (χ1) is 12.7. The number of benzene rings is 3. The number of carboxylic acid groups (broad SMARTS) is 1. The van der Waals surface area contributed by atoms with Crippen molar-refractivity contribution in [3.05, 3.63) is 90.5 Å². The lowest BCUT2D eigenvalue weighted by Gasteiger charge is -2.09. The number of aliphatic carboxylic acids is 1. The van der Waals surface area contributed by atoms with Gasteiger partial charge in [-0.15, -0.1) is 0 Å². The number of carbonyl (C=O) groups is 1. The van der Waals surface area contributed by atoms with E-state index in [1.807, 2.05) is 60.7 Å². The van der Waals surface area contributed by atoms with Gasteiger partial charge in [-0.1, -0.05) is 55.5 Å². The number of hydrogen-bond donors (Lipinski definition) is 2. The van der Waals surface area contributed by atoms with Crippen LogP contribution in [0.25, 0.3) is 0 Å². The molecule has 0 saturated carbocycles. The fraction of sp³-hybridized carbons (Fsp3) is 0.136. The van der Waals surface area contributed by atoms with Gasteiger partial charge < -0.3 is 15.2 Å². The Morgan fingerprint density at radius 3 is 2.08 bits per heavy atom. The molecule has 3 rings (SSSR count). The van der Waals surface area contributed by atoms with Crippen LogP contribution in [-0.2, 0) is 11.3 Å². The van der Waals surface area contributed by atoms with Crippen molar-refractivity contribution < 1.29 is 14.6 Å². The third kappa shape index (κ3) is 7.09. The summed E-state index contributed by atoms with van der Waals surface area (Å²) in [5.41, 5.74) is 2.30. The summed E-state index contributed by atoms with van der Waals surface area (Å²) in [5, 5.41) is 11.1. The van der Waals surface area contributed by atoms with E-state index in [9.17, 15) is 4.79 Å². The Morgan fingerprint density at radius 1 is 0.885 bits per heavy atom. The topological polar surface area (TPSA) is 58.6 Å². The van der Waals surface area contributed by atoms with Gasteiger partial charge in [-0.3, -0.25) is 4.79 Å². The summed E-state index contributed by atoms with van der Waals surface area (Å²) in [4.78, 5) is 9.37. The maximum absolute atomic E-state index is 9.37. The maximum Gasteiger partial charge on any atom is 0.303 e. The van der Waals surface area contributed by atoms with E-state index in [-0.39, 0.29) is 6.42 Å². The van der Waals surface area contributed by atoms with Gasteiger partial charge in [0.15, 0.2) is 0 Å². The third-order valence-corrected chi connectivity index (χ3v) is 3.45. The van der Waals surface area contributed by atoms with Crippen molar-refractivity contribution in [3.8, 4) is 11.5 Å². The minimum Gasteiger partial charge on any atom is -0.481 e. The van der Waals surface area contributed by atoms with E-state index < -0.39 is 5.97 Å². The molecule has 2 N–H and O–H groups in total. The van der Waals surface area contributed by atoms with Crippen molar-refractivity contribution in [2.75, 3.05) is 5.32 Å². The minimum atomic E-state index is -0.745. The van der Waals surface area contributed by atoms with Crippen molar-refractivity contribution in [2.24, 2.45) is 0 Å². The minimum absolute atomic E-state index is 0.222. The SMILES string of the molecule is CCC(=O)O.c1ccc(NCc2cccc(Oc3ccccc3)c2)cc1. The summed E-state index contributed by atoms with van der Waals surface area (Å²) in [7, 11) is 0. The van der Waals surface area contributed by atoms with Crippen LogP contribution >= 0.6 is 0 Å². The standard InChI is InChI=1S/C19H17NO.C3H6O2/c1-3-9-17(10-4-1)20-15-16-8-7-13-19(14-16)21-18-11-5-2-6-12-18;1-2-3(4)5/h1-14,20H,15H2;2H2,1H3,(H,4,5). The normalized spacial score (nSPS) is 9.58. The van der Waals surface area contributed by atoms with Crippen LogP contribution in [0.3, 0.4) is 0 Å². The molecule has 0 atom stereocenters. The number of ether oxygens (including phenoxy) is 1. The molecule has 0 spiro atoms. The van der Waals surface area contributed by atoms with Crippen LogP contribution in [0.1, 0.15) is 18.9 Å². The van der Waals surface area contributed by atoms with Crippen LogP contribution in [0.5, 0.6) is 11.5 Å². The first-order valence-electron chi connectivity index (χ1n) is 8.50. The van der Waals surface area contributed by atoms with Crippen molar-refractivity contribution >= 4 is 11.7 Å². The molecule has 0 radical (unpaired) electrons. The summed E-state index contributed by atoms with van der Waals surface area (Å²) in [6, 6.07) is 28.1. The summed E-state index contributed by atoms with van der Waals surface area (Å²) in [6.07, 6.45) is 0.222. The van der Waals surface area contributed by atoms with Crippen LogP contribution in [-0.4, -0.2) is 11.1 Å². The molecule has 4 nitrogen and oxygen atoms in total. The molecule has 0 fully saturated rings. The summed E-state index contributed by atoms with van der Waals surface area (Å²) >= 11 is 0. The zero-order valence-corrected chi connectivity index (χ0v) is 14.8. The van der Waals surface area contributed by atoms with Gasteiger partial charge in [0.1, 0.15) is 11.5 Å². The zero-order valence-electron chi connectivity index (χ0n) is 14.8. The van der Waals surface area contributed by atoms with Crippen molar-refractivity contribution in [1.82, 2.24) is 0 Å². The van der Waals surface area contributed by atoms with E-state index in [1.54, 1.807) is 6.92 Å². The number of nitrogens with one attached hydrogen (secondary N) is 1. The zero-order chi connectivity index (χ0) is 18.6. The second kappa shape index (κ2) is 10.6. The average Bonchev–Trinajstić information content (AvgIpc) is 2.69. The molecule has 0 amide bonds. The van der Waals surface area contributed by atoms with E-state index in [4.69, 9.17) is 9.84 Å². The van der Waals surface area contributed by atoms with Crippen LogP contribution < -0.4 is 10.1 Å². The number of carboxylic acids is 1. The molecule has 0 aliphatic heterocycles. The highest BCUT2D eigenvalue weighted by molar-refractivity contribution is 5.66. The number of anilines is 1. The maximum atomic E-state index is 9.37. The Hall–Kier alpha value is -3.27. The lowest BCUT2D eigenvalue weighted by atomic mass is 10.2. The molecule has 4 heteroatoms. The van der Waals surface area contributed by atoms with Gasteiger partial charge in [0.25, 0.3) is 0 Å².